The van der Waals surface area contributed by atoms with Crippen LogP contribution >= 0.6 is 0 Å². The number of nitrogens with one attached hydrogen (secondary N) is 2. The van der Waals surface area contributed by atoms with E-state index in [1.54, 1.807) is 6.92 Å². The zero-order chi connectivity index (χ0) is 28.8. The van der Waals surface area contributed by atoms with Crippen LogP contribution in [-0.4, -0.2) is 60.6 Å². The van der Waals surface area contributed by atoms with Crippen LogP contribution < -0.4 is 10.6 Å². The van der Waals surface area contributed by atoms with Gasteiger partial charge in [-0.05, 0) is 47.6 Å². The van der Waals surface area contributed by atoms with Gasteiger partial charge in [0.2, 0.25) is 5.91 Å². The Balaban J connectivity index is 1.06. The number of amides is 2. The maximum Gasteiger partial charge on any atom is 0.407 e. The number of ether oxygens (including phenoxy) is 3. The molecule has 0 bridgehead atoms. The van der Waals surface area contributed by atoms with Crippen LogP contribution in [0.2, 0.25) is 0 Å². The maximum absolute atomic E-state index is 12.8. The van der Waals surface area contributed by atoms with Crippen LogP contribution in [0.15, 0.2) is 78.9 Å². The van der Waals surface area contributed by atoms with Gasteiger partial charge in [0.25, 0.3) is 0 Å². The number of carboxylic acid groups (broad SMARTS) is 1. The van der Waals surface area contributed by atoms with E-state index in [9.17, 15) is 19.5 Å². The minimum Gasteiger partial charge on any atom is -0.480 e. The van der Waals surface area contributed by atoms with E-state index in [1.165, 1.54) is 0 Å². The lowest BCUT2D eigenvalue weighted by molar-refractivity contribution is -0.148. The van der Waals surface area contributed by atoms with Crippen LogP contribution in [0.5, 0.6) is 0 Å². The second-order valence-corrected chi connectivity index (χ2v) is 10.4. The van der Waals surface area contributed by atoms with Crippen LogP contribution in [0.3, 0.4) is 0 Å². The van der Waals surface area contributed by atoms with Crippen molar-refractivity contribution in [2.24, 2.45) is 0 Å². The Morgan fingerprint density at radius 3 is 2.22 bits per heavy atom. The molecule has 41 heavy (non-hydrogen) atoms. The van der Waals surface area contributed by atoms with Gasteiger partial charge in [-0.2, -0.15) is 0 Å². The highest BCUT2D eigenvalue weighted by atomic mass is 16.6. The van der Waals surface area contributed by atoms with Gasteiger partial charge >= 0.3 is 12.1 Å². The van der Waals surface area contributed by atoms with Gasteiger partial charge in [0.1, 0.15) is 12.7 Å². The first kappa shape index (κ1) is 28.3. The zero-order valence-electron chi connectivity index (χ0n) is 22.8. The van der Waals surface area contributed by atoms with E-state index in [0.717, 1.165) is 27.8 Å². The zero-order valence-corrected chi connectivity index (χ0v) is 22.8. The van der Waals surface area contributed by atoms with Crippen molar-refractivity contribution in [3.63, 3.8) is 0 Å². The van der Waals surface area contributed by atoms with Gasteiger partial charge in [-0.15, -0.1) is 0 Å². The van der Waals surface area contributed by atoms with Crippen molar-refractivity contribution < 1.29 is 33.7 Å². The first-order valence-corrected chi connectivity index (χ1v) is 13.8. The number of carbonyl (C=O) groups excluding carboxylic acids is 2. The predicted octanol–water partition coefficient (Wildman–Crippen LogP) is 4.25. The van der Waals surface area contributed by atoms with E-state index < -0.39 is 36.2 Å². The minimum atomic E-state index is -1.23. The molecule has 2 aliphatic rings. The number of aliphatic carboxylic acids is 1. The third-order valence-electron chi connectivity index (χ3n) is 7.61. The Labute approximate surface area is 238 Å². The molecule has 4 atom stereocenters. The van der Waals surface area contributed by atoms with Crippen molar-refractivity contribution in [3.8, 4) is 11.1 Å². The number of hydrogen-bond acceptors (Lipinski definition) is 6. The molecule has 3 aromatic carbocycles. The quantitative estimate of drug-likeness (QED) is 0.322. The van der Waals surface area contributed by atoms with E-state index in [-0.39, 0.29) is 31.8 Å². The second-order valence-electron chi connectivity index (χ2n) is 10.4. The molecule has 9 heteroatoms. The third-order valence-corrected chi connectivity index (χ3v) is 7.61. The van der Waals surface area contributed by atoms with Crippen LogP contribution in [0, 0.1) is 0 Å². The number of carbonyl (C=O) groups is 3. The smallest absolute Gasteiger partial charge is 0.407 e. The summed E-state index contributed by atoms with van der Waals surface area (Å²) in [6.45, 7) is 2.22. The molecule has 214 valence electrons. The lowest BCUT2D eigenvalue weighted by Crippen LogP contribution is -2.51. The summed E-state index contributed by atoms with van der Waals surface area (Å²) in [5.41, 5.74) is 5.48. The molecule has 3 N–H and O–H groups in total. The molecular weight excluding hydrogens is 524 g/mol. The van der Waals surface area contributed by atoms with Crippen molar-refractivity contribution >= 4 is 18.0 Å². The van der Waals surface area contributed by atoms with Crippen molar-refractivity contribution in [1.82, 2.24) is 10.6 Å². The van der Waals surface area contributed by atoms with Crippen molar-refractivity contribution in [2.75, 3.05) is 13.2 Å². The highest BCUT2D eigenvalue weighted by Crippen LogP contribution is 2.44. The van der Waals surface area contributed by atoms with Crippen molar-refractivity contribution in [3.05, 3.63) is 95.6 Å². The Hall–Kier alpha value is -4.21. The van der Waals surface area contributed by atoms with Gasteiger partial charge in [0.15, 0.2) is 6.04 Å². The fourth-order valence-corrected chi connectivity index (χ4v) is 5.42. The van der Waals surface area contributed by atoms with Gasteiger partial charge in [-0.25, -0.2) is 9.59 Å². The molecule has 1 heterocycles. The van der Waals surface area contributed by atoms with E-state index >= 15 is 0 Å². The molecule has 2 amide bonds. The van der Waals surface area contributed by atoms with Gasteiger partial charge < -0.3 is 30.0 Å². The third kappa shape index (κ3) is 6.75. The SMILES string of the molecule is CC(OCc1ccccc1)C(NC(=O)C1CCC(CNC(=O)OCC2c3ccccc3-c3ccccc32)O1)C(=O)O. The second kappa shape index (κ2) is 13.0. The van der Waals surface area contributed by atoms with Gasteiger partial charge in [-0.3, -0.25) is 4.79 Å². The highest BCUT2D eigenvalue weighted by Gasteiger charge is 2.35. The van der Waals surface area contributed by atoms with Crippen LogP contribution in [0.25, 0.3) is 11.1 Å². The number of carboxylic acids is 1. The van der Waals surface area contributed by atoms with Crippen molar-refractivity contribution in [1.29, 1.82) is 0 Å². The molecule has 5 rings (SSSR count). The van der Waals surface area contributed by atoms with Crippen LogP contribution in [0.1, 0.15) is 42.4 Å². The molecule has 3 aromatic rings. The number of benzene rings is 3. The summed E-state index contributed by atoms with van der Waals surface area (Å²) in [6.07, 6.45) is -1.56. The maximum atomic E-state index is 12.8. The molecule has 4 unspecified atom stereocenters. The average molecular weight is 559 g/mol. The van der Waals surface area contributed by atoms with Crippen LogP contribution in [-0.2, 0) is 30.4 Å². The summed E-state index contributed by atoms with van der Waals surface area (Å²) in [5.74, 6) is -1.74. The molecule has 1 aliphatic carbocycles. The van der Waals surface area contributed by atoms with E-state index in [2.05, 4.69) is 34.9 Å². The lowest BCUT2D eigenvalue weighted by atomic mass is 9.98. The summed E-state index contributed by atoms with van der Waals surface area (Å²) < 4.78 is 17.1. The number of rotatable bonds is 11. The molecule has 0 radical (unpaired) electrons. The number of fused-ring (bicyclic) bond motifs is 3. The largest absolute Gasteiger partial charge is 0.480 e. The highest BCUT2D eigenvalue weighted by molar-refractivity contribution is 5.87. The lowest BCUT2D eigenvalue weighted by Gasteiger charge is -2.23. The van der Waals surface area contributed by atoms with Gasteiger partial charge in [-0.1, -0.05) is 78.9 Å². The van der Waals surface area contributed by atoms with Crippen LogP contribution in [0.4, 0.5) is 4.79 Å². The summed E-state index contributed by atoms with van der Waals surface area (Å²) in [4.78, 5) is 37.2. The first-order chi connectivity index (χ1) is 19.9. The number of hydrogen-bond donors (Lipinski definition) is 3. The Morgan fingerprint density at radius 1 is 0.927 bits per heavy atom. The molecule has 9 nitrogen and oxygen atoms in total. The minimum absolute atomic E-state index is 0.0369. The fourth-order valence-electron chi connectivity index (χ4n) is 5.42. The molecule has 1 aliphatic heterocycles. The van der Waals surface area contributed by atoms with E-state index in [1.807, 2.05) is 54.6 Å². The molecule has 1 fully saturated rings. The number of alkyl carbamates (subject to hydrolysis) is 1. The summed E-state index contributed by atoms with van der Waals surface area (Å²) in [5, 5.41) is 15.0. The molecular formula is C32H34N2O7. The Bertz CT molecular complexity index is 1330. The summed E-state index contributed by atoms with van der Waals surface area (Å²) in [6, 6.07) is 24.4. The topological polar surface area (TPSA) is 123 Å². The predicted molar refractivity (Wildman–Crippen MR) is 151 cm³/mol. The van der Waals surface area contributed by atoms with Crippen molar-refractivity contribution in [2.45, 2.75) is 56.6 Å². The molecule has 0 saturated carbocycles. The fraction of sp³-hybridized carbons (Fsp3) is 0.344. The standard InChI is InChI=1S/C32H34N2O7/c1-20(39-18-21-9-3-2-4-10-21)29(31(36)37)34-30(35)28-16-15-22(41-28)17-33-32(38)40-19-27-25-13-7-5-11-23(25)24-12-6-8-14-26(24)27/h2-14,20,22,27-29H,15-19H2,1H3,(H,33,38)(H,34,35)(H,36,37). The molecule has 0 spiro atoms. The summed E-state index contributed by atoms with van der Waals surface area (Å²) in [7, 11) is 0. The normalized spacial score (nSPS) is 19.0. The molecule has 0 aromatic heterocycles. The Kier molecular flexibility index (Phi) is 8.96. The first-order valence-electron chi connectivity index (χ1n) is 13.8. The average Bonchev–Trinajstić information content (AvgIpc) is 3.60. The summed E-state index contributed by atoms with van der Waals surface area (Å²) >= 11 is 0. The van der Waals surface area contributed by atoms with E-state index in [4.69, 9.17) is 14.2 Å². The van der Waals surface area contributed by atoms with Gasteiger partial charge in [0.05, 0.1) is 18.8 Å². The Morgan fingerprint density at radius 2 is 1.56 bits per heavy atom. The van der Waals surface area contributed by atoms with E-state index in [0.29, 0.717) is 12.8 Å². The van der Waals surface area contributed by atoms with Gasteiger partial charge in [0, 0.05) is 12.5 Å². The molecule has 1 saturated heterocycles. The monoisotopic (exact) mass is 558 g/mol.